The molecule has 0 aromatic heterocycles. The predicted octanol–water partition coefficient (Wildman–Crippen LogP) is 1.04. The molecule has 0 fully saturated rings. The lowest BCUT2D eigenvalue weighted by molar-refractivity contribution is 0.0472. The van der Waals surface area contributed by atoms with Gasteiger partial charge in [0.2, 0.25) is 0 Å². The number of ether oxygens (including phenoxy) is 3. The van der Waals surface area contributed by atoms with Crippen LogP contribution < -0.4 is 5.73 Å². The second-order valence-electron chi connectivity index (χ2n) is 3.94. The van der Waals surface area contributed by atoms with Crippen molar-refractivity contribution in [2.45, 2.75) is 26.3 Å². The van der Waals surface area contributed by atoms with Crippen LogP contribution in [0.5, 0.6) is 0 Å². The maximum Gasteiger partial charge on any atom is 0.0700 e. The van der Waals surface area contributed by atoms with E-state index in [1.54, 1.807) is 7.11 Å². The highest BCUT2D eigenvalue weighted by molar-refractivity contribution is 4.63. The van der Waals surface area contributed by atoms with Crippen molar-refractivity contribution in [1.29, 1.82) is 0 Å². The van der Waals surface area contributed by atoms with Gasteiger partial charge in [0.15, 0.2) is 0 Å². The van der Waals surface area contributed by atoms with E-state index < -0.39 is 0 Å². The smallest absolute Gasteiger partial charge is 0.0700 e. The highest BCUT2D eigenvalue weighted by atomic mass is 16.5. The zero-order chi connectivity index (χ0) is 11.5. The molecule has 15 heavy (non-hydrogen) atoms. The van der Waals surface area contributed by atoms with Crippen molar-refractivity contribution >= 4 is 0 Å². The van der Waals surface area contributed by atoms with Crippen LogP contribution in [0.15, 0.2) is 0 Å². The summed E-state index contributed by atoms with van der Waals surface area (Å²) < 4.78 is 15.6. The van der Waals surface area contributed by atoms with Gasteiger partial charge in [0.1, 0.15) is 0 Å². The molecule has 0 rings (SSSR count). The Morgan fingerprint density at radius 2 is 1.67 bits per heavy atom. The number of hydrogen-bond acceptors (Lipinski definition) is 4. The summed E-state index contributed by atoms with van der Waals surface area (Å²) in [4.78, 5) is 0. The van der Waals surface area contributed by atoms with Gasteiger partial charge in [-0.1, -0.05) is 13.8 Å². The summed E-state index contributed by atoms with van der Waals surface area (Å²) in [5, 5.41) is 0. The van der Waals surface area contributed by atoms with E-state index in [9.17, 15) is 0 Å². The topological polar surface area (TPSA) is 53.7 Å². The first kappa shape index (κ1) is 14.8. The number of hydrogen-bond donors (Lipinski definition) is 1. The molecule has 0 heterocycles. The Kier molecular flexibility index (Phi) is 10.3. The molecule has 0 aliphatic rings. The van der Waals surface area contributed by atoms with Crippen LogP contribution in [0.25, 0.3) is 0 Å². The first-order valence-electron chi connectivity index (χ1n) is 5.58. The Morgan fingerprint density at radius 1 is 1.00 bits per heavy atom. The van der Waals surface area contributed by atoms with Crippen LogP contribution in [-0.4, -0.2) is 46.2 Å². The van der Waals surface area contributed by atoms with Gasteiger partial charge in [-0.05, 0) is 12.3 Å². The van der Waals surface area contributed by atoms with Gasteiger partial charge in [-0.25, -0.2) is 0 Å². The average molecular weight is 219 g/mol. The molecule has 0 aromatic rings. The van der Waals surface area contributed by atoms with E-state index in [0.29, 0.717) is 32.3 Å². The fourth-order valence-corrected chi connectivity index (χ4v) is 0.919. The number of nitrogens with two attached hydrogens (primary N) is 1. The standard InChI is InChI=1S/C11H25NO3/c1-10(2)11(12)9-15-6-4-5-14-8-7-13-3/h10-11H,4-9,12H2,1-3H3. The lowest BCUT2D eigenvalue weighted by Gasteiger charge is -2.15. The maximum atomic E-state index is 5.82. The minimum absolute atomic E-state index is 0.138. The van der Waals surface area contributed by atoms with Crippen LogP contribution in [-0.2, 0) is 14.2 Å². The Balaban J connectivity index is 3.05. The molecule has 4 heteroatoms. The Morgan fingerprint density at radius 3 is 2.27 bits per heavy atom. The Bertz CT molecular complexity index is 131. The normalized spacial score (nSPS) is 13.4. The van der Waals surface area contributed by atoms with E-state index in [2.05, 4.69) is 13.8 Å². The van der Waals surface area contributed by atoms with Crippen LogP contribution in [0.1, 0.15) is 20.3 Å². The number of rotatable bonds is 10. The first-order valence-corrected chi connectivity index (χ1v) is 5.58. The van der Waals surface area contributed by atoms with Crippen molar-refractivity contribution in [2.24, 2.45) is 11.7 Å². The van der Waals surface area contributed by atoms with E-state index in [1.165, 1.54) is 0 Å². The van der Waals surface area contributed by atoms with Crippen LogP contribution in [0.4, 0.5) is 0 Å². The van der Waals surface area contributed by atoms with Gasteiger partial charge in [0, 0.05) is 26.4 Å². The molecule has 1 atom stereocenters. The van der Waals surface area contributed by atoms with Gasteiger partial charge in [-0.15, -0.1) is 0 Å². The zero-order valence-electron chi connectivity index (χ0n) is 10.2. The van der Waals surface area contributed by atoms with Crippen LogP contribution >= 0.6 is 0 Å². The lowest BCUT2D eigenvalue weighted by Crippen LogP contribution is -2.31. The summed E-state index contributed by atoms with van der Waals surface area (Å²) in [5.41, 5.74) is 5.82. The summed E-state index contributed by atoms with van der Waals surface area (Å²) in [6, 6.07) is 0.138. The summed E-state index contributed by atoms with van der Waals surface area (Å²) in [6.45, 7) is 7.58. The summed E-state index contributed by atoms with van der Waals surface area (Å²) >= 11 is 0. The van der Waals surface area contributed by atoms with E-state index in [4.69, 9.17) is 19.9 Å². The van der Waals surface area contributed by atoms with Crippen molar-refractivity contribution in [1.82, 2.24) is 0 Å². The van der Waals surface area contributed by atoms with Gasteiger partial charge in [0.25, 0.3) is 0 Å². The second-order valence-corrected chi connectivity index (χ2v) is 3.94. The third kappa shape index (κ3) is 10.1. The molecule has 2 N–H and O–H groups in total. The van der Waals surface area contributed by atoms with Crippen LogP contribution in [0.3, 0.4) is 0 Å². The Hall–Kier alpha value is -0.160. The predicted molar refractivity (Wildman–Crippen MR) is 60.9 cm³/mol. The largest absolute Gasteiger partial charge is 0.382 e. The molecule has 0 aliphatic carbocycles. The molecule has 92 valence electrons. The molecule has 0 saturated carbocycles. The Labute approximate surface area is 93.1 Å². The van der Waals surface area contributed by atoms with Crippen LogP contribution in [0, 0.1) is 5.92 Å². The molecular weight excluding hydrogens is 194 g/mol. The molecule has 1 unspecified atom stereocenters. The fraction of sp³-hybridized carbons (Fsp3) is 1.00. The monoisotopic (exact) mass is 219 g/mol. The van der Waals surface area contributed by atoms with Gasteiger partial charge in [-0.3, -0.25) is 0 Å². The molecule has 4 nitrogen and oxygen atoms in total. The average Bonchev–Trinajstić information content (AvgIpc) is 2.21. The summed E-state index contributed by atoms with van der Waals surface area (Å²) in [6.07, 6.45) is 0.911. The zero-order valence-corrected chi connectivity index (χ0v) is 10.2. The third-order valence-electron chi connectivity index (χ3n) is 2.18. The van der Waals surface area contributed by atoms with Gasteiger partial charge in [-0.2, -0.15) is 0 Å². The molecule has 0 radical (unpaired) electrons. The van der Waals surface area contributed by atoms with E-state index in [1.807, 2.05) is 0 Å². The molecule has 0 spiro atoms. The SMILES string of the molecule is COCCOCCCOCC(N)C(C)C. The van der Waals surface area contributed by atoms with Crippen LogP contribution in [0.2, 0.25) is 0 Å². The maximum absolute atomic E-state index is 5.82. The van der Waals surface area contributed by atoms with E-state index in [0.717, 1.165) is 13.0 Å². The van der Waals surface area contributed by atoms with Crippen molar-refractivity contribution in [2.75, 3.05) is 40.1 Å². The minimum Gasteiger partial charge on any atom is -0.382 e. The lowest BCUT2D eigenvalue weighted by atomic mass is 10.1. The van der Waals surface area contributed by atoms with Gasteiger partial charge >= 0.3 is 0 Å². The van der Waals surface area contributed by atoms with Crippen molar-refractivity contribution in [3.8, 4) is 0 Å². The van der Waals surface area contributed by atoms with Gasteiger partial charge < -0.3 is 19.9 Å². The summed E-state index contributed by atoms with van der Waals surface area (Å²) in [7, 11) is 1.67. The number of methoxy groups -OCH3 is 1. The quantitative estimate of drug-likeness (QED) is 0.558. The second kappa shape index (κ2) is 10.4. The highest BCUT2D eigenvalue weighted by Gasteiger charge is 2.06. The molecule has 0 saturated heterocycles. The van der Waals surface area contributed by atoms with E-state index >= 15 is 0 Å². The molecule has 0 bridgehead atoms. The highest BCUT2D eigenvalue weighted by Crippen LogP contribution is 1.98. The summed E-state index contributed by atoms with van der Waals surface area (Å²) in [5.74, 6) is 0.475. The third-order valence-corrected chi connectivity index (χ3v) is 2.18. The molecule has 0 aliphatic heterocycles. The minimum atomic E-state index is 0.138. The van der Waals surface area contributed by atoms with Crippen molar-refractivity contribution in [3.05, 3.63) is 0 Å². The van der Waals surface area contributed by atoms with Gasteiger partial charge in [0.05, 0.1) is 19.8 Å². The molecular formula is C11H25NO3. The molecule has 0 aromatic carbocycles. The molecule has 0 amide bonds. The van der Waals surface area contributed by atoms with Crippen molar-refractivity contribution < 1.29 is 14.2 Å². The first-order chi connectivity index (χ1) is 7.18. The fourth-order valence-electron chi connectivity index (χ4n) is 0.919. The van der Waals surface area contributed by atoms with E-state index in [-0.39, 0.29) is 6.04 Å². The van der Waals surface area contributed by atoms with Crippen molar-refractivity contribution in [3.63, 3.8) is 0 Å².